The number of benzene rings is 2. The molecule has 3 aliphatic rings. The van der Waals surface area contributed by atoms with Crippen LogP contribution in [0.25, 0.3) is 11.5 Å². The van der Waals surface area contributed by atoms with E-state index in [1.807, 2.05) is 6.07 Å². The molecule has 0 radical (unpaired) electrons. The molecule has 1 fully saturated rings. The Morgan fingerprint density at radius 1 is 0.821 bits per heavy atom. The minimum absolute atomic E-state index is 0.0104. The van der Waals surface area contributed by atoms with E-state index in [9.17, 15) is 26.3 Å². The van der Waals surface area contributed by atoms with Crippen molar-refractivity contribution in [1.82, 2.24) is 15.0 Å². The zero-order chi connectivity index (χ0) is 27.1. The number of aromatic amines is 1. The number of anilines is 2. The first kappa shape index (κ1) is 23.7. The molecule has 4 heterocycles. The minimum Gasteiger partial charge on any atom is -0.489 e. The number of fused-ring (bicyclic) bond motifs is 4. The number of hydrogen-bond acceptors (Lipinski definition) is 6. The number of pyridine rings is 1. The summed E-state index contributed by atoms with van der Waals surface area (Å²) in [7, 11) is 0. The average Bonchev–Trinajstić information content (AvgIpc) is 3.28. The highest BCUT2D eigenvalue weighted by Crippen LogP contribution is 2.61. The first-order valence-corrected chi connectivity index (χ1v) is 11.9. The summed E-state index contributed by atoms with van der Waals surface area (Å²) in [5.74, 6) is 1.50. The summed E-state index contributed by atoms with van der Waals surface area (Å²) in [4.78, 5) is 10.1. The van der Waals surface area contributed by atoms with Crippen LogP contribution in [0.1, 0.15) is 22.7 Å². The molecule has 1 aliphatic carbocycles. The second kappa shape index (κ2) is 8.04. The van der Waals surface area contributed by atoms with Crippen molar-refractivity contribution >= 4 is 11.4 Å². The molecule has 7 rings (SSSR count). The van der Waals surface area contributed by atoms with Crippen molar-refractivity contribution in [3.8, 4) is 28.8 Å². The maximum atomic E-state index is 13.1. The van der Waals surface area contributed by atoms with Gasteiger partial charge in [-0.15, -0.1) is 0 Å². The molecule has 0 spiro atoms. The number of rotatable bonds is 4. The lowest BCUT2D eigenvalue weighted by Gasteiger charge is -2.16. The number of aromatic nitrogens is 3. The van der Waals surface area contributed by atoms with Crippen LogP contribution >= 0.6 is 0 Å². The lowest BCUT2D eigenvalue weighted by atomic mass is 10.1. The number of alkyl halides is 6. The number of nitrogens with zero attached hydrogens (tertiary/aromatic N) is 2. The van der Waals surface area contributed by atoms with Crippen LogP contribution in [-0.4, -0.2) is 27.2 Å². The van der Waals surface area contributed by atoms with Gasteiger partial charge < -0.3 is 25.1 Å². The van der Waals surface area contributed by atoms with E-state index in [1.54, 1.807) is 18.2 Å². The highest BCUT2D eigenvalue weighted by atomic mass is 19.4. The molecule has 200 valence electrons. The Hall–Kier alpha value is -4.42. The molecule has 4 aromatic rings. The number of imidazole rings is 1. The second-order valence-electron chi connectivity index (χ2n) is 9.53. The van der Waals surface area contributed by atoms with Crippen LogP contribution in [0, 0.1) is 5.92 Å². The number of halogens is 6. The molecule has 4 atom stereocenters. The van der Waals surface area contributed by atoms with Gasteiger partial charge in [0.15, 0.2) is 5.82 Å². The molecule has 7 nitrogen and oxygen atoms in total. The van der Waals surface area contributed by atoms with Crippen molar-refractivity contribution < 1.29 is 35.8 Å². The summed E-state index contributed by atoms with van der Waals surface area (Å²) in [6, 6.07) is 11.9. The van der Waals surface area contributed by atoms with Crippen molar-refractivity contribution in [2.45, 2.75) is 30.5 Å². The van der Waals surface area contributed by atoms with Crippen molar-refractivity contribution in [1.29, 1.82) is 0 Å². The van der Waals surface area contributed by atoms with E-state index in [4.69, 9.17) is 9.47 Å². The first-order chi connectivity index (χ1) is 18.5. The summed E-state index contributed by atoms with van der Waals surface area (Å²) in [5.41, 5.74) is 0.386. The fraction of sp³-hybridized carbons (Fsp3) is 0.231. The molecule has 2 aromatic carbocycles. The average molecular weight is 545 g/mol. The van der Waals surface area contributed by atoms with Gasteiger partial charge in [0.05, 0.1) is 23.1 Å². The van der Waals surface area contributed by atoms with Crippen LogP contribution < -0.4 is 20.1 Å². The molecule has 2 aliphatic heterocycles. The van der Waals surface area contributed by atoms with Gasteiger partial charge >= 0.3 is 12.4 Å². The van der Waals surface area contributed by atoms with Gasteiger partial charge in [0, 0.05) is 29.7 Å². The van der Waals surface area contributed by atoms with Crippen molar-refractivity contribution in [2.75, 3.05) is 10.6 Å². The predicted molar refractivity (Wildman–Crippen MR) is 126 cm³/mol. The third kappa shape index (κ3) is 4.08. The largest absolute Gasteiger partial charge is 0.489 e. The van der Waals surface area contributed by atoms with Crippen LogP contribution in [0.4, 0.5) is 37.7 Å². The smallest absolute Gasteiger partial charge is 0.432 e. The number of hydrogen-bond donors (Lipinski definition) is 3. The SMILES string of the molecule is FC(F)(F)c1ccc2c(c1)NC(C1C3Oc4ccc(Oc5ccnc(-c6ncc(C(F)(F)F)[nH]6)c5)cc4C31)N2. The number of ether oxygens (including phenoxy) is 2. The summed E-state index contributed by atoms with van der Waals surface area (Å²) in [5, 5.41) is 6.39. The lowest BCUT2D eigenvalue weighted by molar-refractivity contribution is -0.141. The Balaban J connectivity index is 1.07. The molecule has 13 heteroatoms. The van der Waals surface area contributed by atoms with Gasteiger partial charge in [-0.1, -0.05) is 0 Å². The lowest BCUT2D eigenvalue weighted by Crippen LogP contribution is -2.28. The summed E-state index contributed by atoms with van der Waals surface area (Å²) < 4.78 is 90.0. The molecule has 0 saturated heterocycles. The van der Waals surface area contributed by atoms with Crippen LogP contribution in [0.5, 0.6) is 17.2 Å². The molecule has 0 amide bonds. The van der Waals surface area contributed by atoms with E-state index in [1.165, 1.54) is 18.3 Å². The quantitative estimate of drug-likeness (QED) is 0.250. The fourth-order valence-electron chi connectivity index (χ4n) is 5.21. The van der Waals surface area contributed by atoms with Gasteiger partial charge in [-0.25, -0.2) is 4.98 Å². The minimum atomic E-state index is -4.55. The Morgan fingerprint density at radius 3 is 2.38 bits per heavy atom. The van der Waals surface area contributed by atoms with Crippen molar-refractivity contribution in [3.63, 3.8) is 0 Å². The van der Waals surface area contributed by atoms with Gasteiger partial charge in [-0.2, -0.15) is 26.3 Å². The van der Waals surface area contributed by atoms with Gasteiger partial charge in [0.2, 0.25) is 0 Å². The van der Waals surface area contributed by atoms with Crippen molar-refractivity contribution in [3.05, 3.63) is 77.7 Å². The fourth-order valence-corrected chi connectivity index (χ4v) is 5.21. The van der Waals surface area contributed by atoms with Crippen LogP contribution in [0.15, 0.2) is 60.9 Å². The highest BCUT2D eigenvalue weighted by molar-refractivity contribution is 5.76. The third-order valence-electron chi connectivity index (χ3n) is 7.06. The summed E-state index contributed by atoms with van der Waals surface area (Å²) in [6.45, 7) is 0. The molecular formula is C26H17F6N5O2. The molecule has 4 unspecified atom stereocenters. The maximum absolute atomic E-state index is 13.1. The number of H-pyrrole nitrogens is 1. The Labute approximate surface area is 216 Å². The van der Waals surface area contributed by atoms with Crippen LogP contribution in [0.3, 0.4) is 0 Å². The van der Waals surface area contributed by atoms with Crippen LogP contribution in [0.2, 0.25) is 0 Å². The van der Waals surface area contributed by atoms with Crippen molar-refractivity contribution in [2.24, 2.45) is 5.92 Å². The summed E-state index contributed by atoms with van der Waals surface area (Å²) in [6.07, 6.45) is -7.30. The normalized spacial score (nSPS) is 22.7. The van der Waals surface area contributed by atoms with E-state index in [0.29, 0.717) is 34.8 Å². The topological polar surface area (TPSA) is 84.1 Å². The molecule has 1 saturated carbocycles. The molecule has 39 heavy (non-hydrogen) atoms. The maximum Gasteiger partial charge on any atom is 0.432 e. The van der Waals surface area contributed by atoms with E-state index in [2.05, 4.69) is 25.6 Å². The third-order valence-corrected chi connectivity index (χ3v) is 7.06. The standard InChI is InChI=1S/C26H17F6N5O2/c27-25(28,29)11-1-3-15-16(7-11)36-24(35-15)21-20-14-8-12(2-4-18(14)39-22(20)21)38-13-5-6-33-17(9-13)23-34-10-19(37-23)26(30,31)32/h1-10,20-22,24,35-36H,(H,34,37). The molecule has 2 aromatic heterocycles. The highest BCUT2D eigenvalue weighted by Gasteiger charge is 2.63. The van der Waals surface area contributed by atoms with Gasteiger partial charge in [-0.3, -0.25) is 4.98 Å². The number of nitrogens with one attached hydrogen (secondary N) is 3. The molecular weight excluding hydrogens is 528 g/mol. The van der Waals surface area contributed by atoms with E-state index in [0.717, 1.165) is 17.7 Å². The zero-order valence-electron chi connectivity index (χ0n) is 19.6. The van der Waals surface area contributed by atoms with E-state index < -0.39 is 23.6 Å². The van der Waals surface area contributed by atoms with E-state index in [-0.39, 0.29) is 35.6 Å². The molecule has 0 bridgehead atoms. The predicted octanol–water partition coefficient (Wildman–Crippen LogP) is 6.64. The Morgan fingerprint density at radius 2 is 1.62 bits per heavy atom. The molecule has 3 N–H and O–H groups in total. The Bertz CT molecular complexity index is 1600. The first-order valence-electron chi connectivity index (χ1n) is 11.9. The van der Waals surface area contributed by atoms with E-state index >= 15 is 0 Å². The Kier molecular flexibility index (Phi) is 4.88. The van der Waals surface area contributed by atoms with Gasteiger partial charge in [0.1, 0.15) is 40.9 Å². The second-order valence-corrected chi connectivity index (χ2v) is 9.53. The monoisotopic (exact) mass is 545 g/mol. The van der Waals surface area contributed by atoms with Crippen LogP contribution in [-0.2, 0) is 12.4 Å². The van der Waals surface area contributed by atoms with Gasteiger partial charge in [-0.05, 0) is 42.5 Å². The summed E-state index contributed by atoms with van der Waals surface area (Å²) >= 11 is 0. The zero-order valence-corrected chi connectivity index (χ0v) is 19.6. The van der Waals surface area contributed by atoms with Gasteiger partial charge in [0.25, 0.3) is 0 Å².